The Morgan fingerprint density at radius 2 is 0.943 bits per heavy atom. The normalized spacial score (nSPS) is 11.2. The number of hydrogen-bond donors (Lipinski definition) is 0. The number of pyridine rings is 1. The molecule has 254 valence electrons. The van der Waals surface area contributed by atoms with Gasteiger partial charge in [0.15, 0.2) is 11.2 Å². The number of fused-ring (bicyclic) bond motifs is 3. The molecule has 7 nitrogen and oxygen atoms in total. The number of benzene rings is 6. The van der Waals surface area contributed by atoms with Gasteiger partial charge in [0.25, 0.3) is 0 Å². The second kappa shape index (κ2) is 13.5. The molecular weight excluding hydrogens is 655 g/mol. The number of oxazole rings is 2. The fourth-order valence-corrected chi connectivity index (χ4v) is 6.70. The Hall–Kier alpha value is -7.12. The van der Waals surface area contributed by atoms with Crippen LogP contribution in [0.1, 0.15) is 11.1 Å². The maximum atomic E-state index is 5.90. The molecule has 0 aliphatic rings. The van der Waals surface area contributed by atoms with Crippen LogP contribution in [0.15, 0.2) is 173 Å². The van der Waals surface area contributed by atoms with E-state index in [1.54, 1.807) is 0 Å². The van der Waals surface area contributed by atoms with E-state index >= 15 is 0 Å². The maximum Gasteiger partial charge on any atom is 0.227 e. The average Bonchev–Trinajstić information content (AvgIpc) is 3.94. The van der Waals surface area contributed by atoms with Gasteiger partial charge < -0.3 is 8.83 Å². The molecule has 0 radical (unpaired) electrons. The van der Waals surface area contributed by atoms with E-state index < -0.39 is 0 Å². The summed E-state index contributed by atoms with van der Waals surface area (Å²) in [6, 6.07) is 51.0. The van der Waals surface area contributed by atoms with E-state index in [1.165, 1.54) is 11.1 Å². The smallest absolute Gasteiger partial charge is 0.227 e. The summed E-state index contributed by atoms with van der Waals surface area (Å²) in [5, 5.41) is 0. The predicted molar refractivity (Wildman–Crippen MR) is 212 cm³/mol. The van der Waals surface area contributed by atoms with Gasteiger partial charge in [0.2, 0.25) is 11.8 Å². The maximum absolute atomic E-state index is 5.90. The highest BCUT2D eigenvalue weighted by atomic mass is 16.4. The Kier molecular flexibility index (Phi) is 8.13. The van der Waals surface area contributed by atoms with Crippen LogP contribution in [0.4, 0.5) is 0 Å². The third kappa shape index (κ3) is 6.36. The summed E-state index contributed by atoms with van der Waals surface area (Å²) in [6.07, 6.45) is 3.66. The molecule has 0 aliphatic heterocycles. The van der Waals surface area contributed by atoms with Crippen LogP contribution in [0.2, 0.25) is 0 Å². The van der Waals surface area contributed by atoms with Crippen LogP contribution in [0, 0.1) is 13.8 Å². The van der Waals surface area contributed by atoms with Crippen molar-refractivity contribution in [3.05, 3.63) is 175 Å². The van der Waals surface area contributed by atoms with Gasteiger partial charge in [-0.05, 0) is 127 Å². The molecule has 10 aromatic rings. The summed E-state index contributed by atoms with van der Waals surface area (Å²) in [5.41, 5.74) is 14.0. The summed E-state index contributed by atoms with van der Waals surface area (Å²) >= 11 is 0. The van der Waals surface area contributed by atoms with Gasteiger partial charge in [0, 0.05) is 34.8 Å². The fraction of sp³-hybridized carbons (Fsp3) is 0.0435. The first-order valence-corrected chi connectivity index (χ1v) is 17.4. The van der Waals surface area contributed by atoms with Crippen LogP contribution < -0.4 is 0 Å². The van der Waals surface area contributed by atoms with Gasteiger partial charge in [0.1, 0.15) is 16.9 Å². The van der Waals surface area contributed by atoms with Crippen molar-refractivity contribution >= 4 is 33.2 Å². The fourth-order valence-electron chi connectivity index (χ4n) is 6.70. The van der Waals surface area contributed by atoms with E-state index in [9.17, 15) is 0 Å². The number of hydrogen-bond acceptors (Lipinski definition) is 6. The van der Waals surface area contributed by atoms with Crippen molar-refractivity contribution in [3.63, 3.8) is 0 Å². The zero-order valence-corrected chi connectivity index (χ0v) is 29.1. The van der Waals surface area contributed by atoms with E-state index in [0.717, 1.165) is 72.6 Å². The van der Waals surface area contributed by atoms with Gasteiger partial charge in [-0.3, -0.25) is 9.55 Å². The number of para-hydroxylation sites is 7. The van der Waals surface area contributed by atoms with Crippen LogP contribution >= 0.6 is 0 Å². The Balaban J connectivity index is 0.000000141. The molecule has 53 heavy (non-hydrogen) atoms. The molecule has 0 fully saturated rings. The second-order valence-electron chi connectivity index (χ2n) is 13.0. The second-order valence-corrected chi connectivity index (χ2v) is 13.0. The Bertz CT molecular complexity index is 2710. The monoisotopic (exact) mass is 687 g/mol. The molecule has 0 N–H and O–H groups in total. The third-order valence-electron chi connectivity index (χ3n) is 9.08. The van der Waals surface area contributed by atoms with Gasteiger partial charge in [-0.25, -0.2) is 15.0 Å². The van der Waals surface area contributed by atoms with Crippen LogP contribution in [0.3, 0.4) is 0 Å². The lowest BCUT2D eigenvalue weighted by molar-refractivity contribution is 0.617. The minimum absolute atomic E-state index is 0.599. The molecule has 0 amide bonds. The Morgan fingerprint density at radius 3 is 1.57 bits per heavy atom. The number of nitrogens with zero attached hydrogens (tertiary/aromatic N) is 5. The molecule has 7 heteroatoms. The molecule has 0 bridgehead atoms. The number of imidazole rings is 1. The number of aryl methyl sites for hydroxylation is 2. The molecule has 10 rings (SSSR count). The van der Waals surface area contributed by atoms with Crippen molar-refractivity contribution in [1.82, 2.24) is 24.5 Å². The summed E-state index contributed by atoms with van der Waals surface area (Å²) in [5.74, 6) is 2.15. The summed E-state index contributed by atoms with van der Waals surface area (Å²) in [7, 11) is 0. The molecular formula is C46H33N5O2. The molecule has 6 aromatic carbocycles. The zero-order chi connectivity index (χ0) is 35.7. The van der Waals surface area contributed by atoms with Crippen molar-refractivity contribution in [3.8, 4) is 51.1 Å². The first kappa shape index (κ1) is 31.8. The SMILES string of the molecule is Cc1cc(-c2ccncc2)cc(-c2nc3ccccc3n2-c2ccccc2)c1.Cc1cc(-c2nc3ccccc3o2)cc(-c2nc3ccccc3o2)c1. The van der Waals surface area contributed by atoms with Crippen LogP contribution in [-0.2, 0) is 0 Å². The number of aromatic nitrogens is 5. The highest BCUT2D eigenvalue weighted by Crippen LogP contribution is 2.33. The summed E-state index contributed by atoms with van der Waals surface area (Å²) in [4.78, 5) is 18.3. The largest absolute Gasteiger partial charge is 0.436 e. The Labute approximate surface area is 305 Å². The first-order chi connectivity index (χ1) is 26.1. The lowest BCUT2D eigenvalue weighted by Crippen LogP contribution is -1.98. The van der Waals surface area contributed by atoms with Gasteiger partial charge in [-0.1, -0.05) is 60.7 Å². The molecule has 0 atom stereocenters. The molecule has 0 saturated heterocycles. The van der Waals surface area contributed by atoms with Crippen molar-refractivity contribution in [2.45, 2.75) is 13.8 Å². The summed E-state index contributed by atoms with van der Waals surface area (Å²) < 4.78 is 14.0. The number of rotatable bonds is 5. The molecule has 4 aromatic heterocycles. The van der Waals surface area contributed by atoms with E-state index in [0.29, 0.717) is 11.8 Å². The molecule has 0 unspecified atom stereocenters. The van der Waals surface area contributed by atoms with Crippen molar-refractivity contribution in [2.24, 2.45) is 0 Å². The van der Waals surface area contributed by atoms with E-state index in [1.807, 2.05) is 98.2 Å². The molecule has 0 spiro atoms. The van der Waals surface area contributed by atoms with Crippen molar-refractivity contribution in [1.29, 1.82) is 0 Å². The third-order valence-corrected chi connectivity index (χ3v) is 9.08. The predicted octanol–water partition coefficient (Wildman–Crippen LogP) is 11.7. The van der Waals surface area contributed by atoms with E-state index in [-0.39, 0.29) is 0 Å². The van der Waals surface area contributed by atoms with Crippen LogP contribution in [0.25, 0.3) is 84.3 Å². The standard InChI is InChI=1S/C25H19N3.C21H14N2O2/c1-18-15-20(19-11-13-26-14-12-19)17-21(16-18)25-27-23-9-5-6-10-24(23)28(25)22-7-3-2-4-8-22;1-13-10-14(20-22-16-6-2-4-8-18(16)24-20)12-15(11-13)21-23-17-7-3-5-9-19(17)25-21/h2-17H,1H3;2-12H,1H3. The van der Waals surface area contributed by atoms with Crippen molar-refractivity contribution in [2.75, 3.05) is 0 Å². The molecule has 4 heterocycles. The topological polar surface area (TPSA) is 82.8 Å². The lowest BCUT2D eigenvalue weighted by Gasteiger charge is -2.12. The van der Waals surface area contributed by atoms with Gasteiger partial charge in [0.05, 0.1) is 11.0 Å². The Morgan fingerprint density at radius 1 is 0.434 bits per heavy atom. The van der Waals surface area contributed by atoms with Crippen LogP contribution in [-0.4, -0.2) is 24.5 Å². The van der Waals surface area contributed by atoms with Crippen LogP contribution in [0.5, 0.6) is 0 Å². The average molecular weight is 688 g/mol. The van der Waals surface area contributed by atoms with E-state index in [4.69, 9.17) is 13.8 Å². The first-order valence-electron chi connectivity index (χ1n) is 17.4. The zero-order valence-electron chi connectivity index (χ0n) is 29.1. The van der Waals surface area contributed by atoms with Gasteiger partial charge in [-0.2, -0.15) is 0 Å². The lowest BCUT2D eigenvalue weighted by atomic mass is 10.0. The summed E-state index contributed by atoms with van der Waals surface area (Å²) in [6.45, 7) is 4.17. The van der Waals surface area contributed by atoms with Gasteiger partial charge in [-0.15, -0.1) is 0 Å². The highest BCUT2D eigenvalue weighted by molar-refractivity contribution is 5.85. The van der Waals surface area contributed by atoms with Gasteiger partial charge >= 0.3 is 0 Å². The molecule has 0 aliphatic carbocycles. The minimum atomic E-state index is 0.599. The quantitative estimate of drug-likeness (QED) is 0.179. The highest BCUT2D eigenvalue weighted by Gasteiger charge is 2.16. The minimum Gasteiger partial charge on any atom is -0.436 e. The van der Waals surface area contributed by atoms with Crippen molar-refractivity contribution < 1.29 is 8.83 Å². The van der Waals surface area contributed by atoms with E-state index in [2.05, 4.69) is 99.2 Å². The molecule has 0 saturated carbocycles.